The molecule has 0 saturated heterocycles. The first-order valence-corrected chi connectivity index (χ1v) is 6.26. The van der Waals surface area contributed by atoms with Gasteiger partial charge in [-0.3, -0.25) is 0 Å². The number of nitriles is 1. The number of nitrogen functional groups attached to an aromatic ring is 1. The molecule has 4 heteroatoms. The van der Waals surface area contributed by atoms with E-state index >= 15 is 0 Å². The number of hydrogen-bond donors (Lipinski definition) is 2. The normalized spacial score (nSPS) is 9.78. The molecule has 0 atom stereocenters. The zero-order chi connectivity index (χ0) is 13.0. The summed E-state index contributed by atoms with van der Waals surface area (Å²) in [6, 6.07) is 15.4. The quantitative estimate of drug-likeness (QED) is 0.853. The van der Waals surface area contributed by atoms with Crippen molar-refractivity contribution in [3.8, 4) is 6.07 Å². The van der Waals surface area contributed by atoms with Crippen molar-refractivity contribution in [3.63, 3.8) is 0 Å². The molecular formula is C14H12BrN3. The van der Waals surface area contributed by atoms with E-state index in [9.17, 15) is 0 Å². The van der Waals surface area contributed by atoms with Crippen molar-refractivity contribution in [2.45, 2.75) is 6.54 Å². The smallest absolute Gasteiger partial charge is 0.101 e. The lowest BCUT2D eigenvalue weighted by Gasteiger charge is -2.09. The van der Waals surface area contributed by atoms with Gasteiger partial charge >= 0.3 is 0 Å². The number of nitrogens with zero attached hydrogens (tertiary/aromatic N) is 1. The van der Waals surface area contributed by atoms with Gasteiger partial charge in [-0.2, -0.15) is 5.26 Å². The molecule has 0 saturated carbocycles. The highest BCUT2D eigenvalue weighted by atomic mass is 79.9. The van der Waals surface area contributed by atoms with E-state index in [1.165, 1.54) is 0 Å². The first-order valence-electron chi connectivity index (χ1n) is 5.47. The molecule has 0 bridgehead atoms. The molecule has 0 aliphatic rings. The summed E-state index contributed by atoms with van der Waals surface area (Å²) in [6.07, 6.45) is 0. The summed E-state index contributed by atoms with van der Waals surface area (Å²) in [6.45, 7) is 0.665. The van der Waals surface area contributed by atoms with Crippen molar-refractivity contribution in [1.29, 1.82) is 5.26 Å². The first kappa shape index (κ1) is 12.5. The highest BCUT2D eigenvalue weighted by Gasteiger charge is 2.02. The number of rotatable bonds is 3. The van der Waals surface area contributed by atoms with Crippen LogP contribution in [0.1, 0.15) is 11.1 Å². The Morgan fingerprint density at radius 1 is 1.22 bits per heavy atom. The Balaban J connectivity index is 2.14. The molecule has 0 unspecified atom stereocenters. The maximum absolute atomic E-state index is 9.03. The van der Waals surface area contributed by atoms with Crippen LogP contribution in [0.15, 0.2) is 46.9 Å². The molecule has 2 aromatic rings. The van der Waals surface area contributed by atoms with E-state index in [0.717, 1.165) is 15.7 Å². The summed E-state index contributed by atoms with van der Waals surface area (Å²) < 4.78 is 1.04. The number of hydrogen-bond acceptors (Lipinski definition) is 3. The summed E-state index contributed by atoms with van der Waals surface area (Å²) in [5.74, 6) is 0. The van der Waals surface area contributed by atoms with Gasteiger partial charge in [0.05, 0.1) is 11.3 Å². The molecule has 2 rings (SSSR count). The third-order valence-electron chi connectivity index (χ3n) is 2.54. The summed E-state index contributed by atoms with van der Waals surface area (Å²) in [4.78, 5) is 0. The Morgan fingerprint density at radius 2 is 2.06 bits per heavy atom. The molecule has 18 heavy (non-hydrogen) atoms. The highest BCUT2D eigenvalue weighted by molar-refractivity contribution is 9.10. The Kier molecular flexibility index (Phi) is 3.85. The van der Waals surface area contributed by atoms with Gasteiger partial charge in [0, 0.05) is 16.7 Å². The monoisotopic (exact) mass is 301 g/mol. The zero-order valence-electron chi connectivity index (χ0n) is 9.65. The minimum atomic E-state index is 0.560. The average Bonchev–Trinajstić information content (AvgIpc) is 2.37. The van der Waals surface area contributed by atoms with Crippen molar-refractivity contribution < 1.29 is 0 Å². The Bertz CT molecular complexity index is 602. The second-order valence-corrected chi connectivity index (χ2v) is 4.82. The predicted molar refractivity (Wildman–Crippen MR) is 77.0 cm³/mol. The average molecular weight is 302 g/mol. The fraction of sp³-hybridized carbons (Fsp3) is 0.0714. The van der Waals surface area contributed by atoms with Crippen molar-refractivity contribution in [3.05, 3.63) is 58.1 Å². The lowest BCUT2D eigenvalue weighted by Crippen LogP contribution is -2.01. The molecule has 90 valence electrons. The Hall–Kier alpha value is -1.99. The van der Waals surface area contributed by atoms with Gasteiger partial charge in [-0.1, -0.05) is 28.1 Å². The van der Waals surface area contributed by atoms with Crippen LogP contribution in [0.4, 0.5) is 11.4 Å². The maximum atomic E-state index is 9.03. The lowest BCUT2D eigenvalue weighted by molar-refractivity contribution is 1.14. The zero-order valence-corrected chi connectivity index (χ0v) is 11.2. The molecule has 3 nitrogen and oxygen atoms in total. The minimum absolute atomic E-state index is 0.560. The molecule has 0 aliphatic heterocycles. The van der Waals surface area contributed by atoms with E-state index in [2.05, 4.69) is 27.3 Å². The number of anilines is 2. The first-order chi connectivity index (χ1) is 8.69. The van der Waals surface area contributed by atoms with Crippen molar-refractivity contribution in [2.75, 3.05) is 11.1 Å². The molecule has 3 N–H and O–H groups in total. The maximum Gasteiger partial charge on any atom is 0.101 e. The van der Waals surface area contributed by atoms with E-state index in [1.54, 1.807) is 12.1 Å². The van der Waals surface area contributed by atoms with E-state index in [0.29, 0.717) is 17.8 Å². The molecule has 2 aromatic carbocycles. The van der Waals surface area contributed by atoms with E-state index in [-0.39, 0.29) is 0 Å². The number of benzene rings is 2. The minimum Gasteiger partial charge on any atom is -0.399 e. The van der Waals surface area contributed by atoms with Gasteiger partial charge in [-0.25, -0.2) is 0 Å². The van der Waals surface area contributed by atoms with Gasteiger partial charge in [-0.15, -0.1) is 0 Å². The summed E-state index contributed by atoms with van der Waals surface area (Å²) >= 11 is 3.43. The summed E-state index contributed by atoms with van der Waals surface area (Å²) in [5.41, 5.74) is 8.74. The van der Waals surface area contributed by atoms with Crippen LogP contribution in [0.3, 0.4) is 0 Å². The fourth-order valence-corrected chi connectivity index (χ4v) is 2.10. The van der Waals surface area contributed by atoms with Crippen molar-refractivity contribution >= 4 is 27.3 Å². The van der Waals surface area contributed by atoms with Crippen LogP contribution in [0, 0.1) is 11.3 Å². The molecular weight excluding hydrogens is 290 g/mol. The molecule has 0 amide bonds. The standard InChI is InChI=1S/C14H12BrN3/c15-12-3-1-2-10(6-12)9-18-14-5-4-13(17)7-11(14)8-16/h1-7,18H,9,17H2. The molecule has 0 spiro atoms. The van der Waals surface area contributed by atoms with Crippen LogP contribution in [0.5, 0.6) is 0 Å². The van der Waals surface area contributed by atoms with E-state index in [1.807, 2.05) is 30.3 Å². The van der Waals surface area contributed by atoms with Gasteiger partial charge in [0.1, 0.15) is 6.07 Å². The molecule has 0 fully saturated rings. The van der Waals surface area contributed by atoms with Crippen LogP contribution >= 0.6 is 15.9 Å². The van der Waals surface area contributed by atoms with Crippen molar-refractivity contribution in [1.82, 2.24) is 0 Å². The number of halogens is 1. The van der Waals surface area contributed by atoms with Crippen LogP contribution in [0.2, 0.25) is 0 Å². The van der Waals surface area contributed by atoms with E-state index < -0.39 is 0 Å². The van der Waals surface area contributed by atoms with Crippen LogP contribution in [-0.4, -0.2) is 0 Å². The fourth-order valence-electron chi connectivity index (χ4n) is 1.65. The summed E-state index contributed by atoms with van der Waals surface area (Å²) in [5, 5.41) is 12.3. The van der Waals surface area contributed by atoms with Gasteiger partial charge in [-0.05, 0) is 35.9 Å². The third kappa shape index (κ3) is 3.02. The van der Waals surface area contributed by atoms with Gasteiger partial charge < -0.3 is 11.1 Å². The molecule has 0 aliphatic carbocycles. The lowest BCUT2D eigenvalue weighted by atomic mass is 10.1. The Labute approximate surface area is 114 Å². The van der Waals surface area contributed by atoms with Gasteiger partial charge in [0.25, 0.3) is 0 Å². The van der Waals surface area contributed by atoms with Gasteiger partial charge in [0.2, 0.25) is 0 Å². The second-order valence-electron chi connectivity index (χ2n) is 3.90. The molecule has 0 heterocycles. The Morgan fingerprint density at radius 3 is 2.78 bits per heavy atom. The van der Waals surface area contributed by atoms with Crippen LogP contribution in [0.25, 0.3) is 0 Å². The van der Waals surface area contributed by atoms with Crippen molar-refractivity contribution in [2.24, 2.45) is 0 Å². The second kappa shape index (κ2) is 5.56. The van der Waals surface area contributed by atoms with Crippen LogP contribution in [-0.2, 0) is 6.54 Å². The van der Waals surface area contributed by atoms with E-state index in [4.69, 9.17) is 11.0 Å². The number of nitrogens with two attached hydrogens (primary N) is 1. The topological polar surface area (TPSA) is 61.8 Å². The highest BCUT2D eigenvalue weighted by Crippen LogP contribution is 2.19. The predicted octanol–water partition coefficient (Wildman–Crippen LogP) is 3.52. The SMILES string of the molecule is N#Cc1cc(N)ccc1NCc1cccc(Br)c1. The largest absolute Gasteiger partial charge is 0.399 e. The van der Waals surface area contributed by atoms with Gasteiger partial charge in [0.15, 0.2) is 0 Å². The molecule has 0 radical (unpaired) electrons. The third-order valence-corrected chi connectivity index (χ3v) is 3.03. The van der Waals surface area contributed by atoms with Crippen LogP contribution < -0.4 is 11.1 Å². The number of nitrogens with one attached hydrogen (secondary N) is 1. The molecule has 0 aromatic heterocycles. The summed E-state index contributed by atoms with van der Waals surface area (Å²) in [7, 11) is 0.